The van der Waals surface area contributed by atoms with E-state index in [1.807, 2.05) is 6.92 Å². The molecule has 2 aromatic rings. The van der Waals surface area contributed by atoms with Crippen molar-refractivity contribution in [2.45, 2.75) is 39.4 Å². The number of hydrogen-bond donors (Lipinski definition) is 2. The zero-order valence-electron chi connectivity index (χ0n) is 14.9. The molecule has 8 heteroatoms. The van der Waals surface area contributed by atoms with Crippen LogP contribution in [0.25, 0.3) is 0 Å². The van der Waals surface area contributed by atoms with Crippen molar-refractivity contribution in [3.8, 4) is 0 Å². The van der Waals surface area contributed by atoms with E-state index in [0.29, 0.717) is 25.6 Å². The monoisotopic (exact) mass is 384 g/mol. The predicted molar refractivity (Wildman–Crippen MR) is 99.5 cm³/mol. The average Bonchev–Trinajstić information content (AvgIpc) is 3.07. The van der Waals surface area contributed by atoms with Crippen LogP contribution in [0.3, 0.4) is 0 Å². The summed E-state index contributed by atoms with van der Waals surface area (Å²) in [6, 6.07) is 5.08. The van der Waals surface area contributed by atoms with E-state index in [-0.39, 0.29) is 0 Å². The minimum absolute atomic E-state index is 0.310. The Kier molecular flexibility index (Phi) is 7.44. The number of rotatable bonds is 7. The Morgan fingerprint density at radius 3 is 2.46 bits per heavy atom. The van der Waals surface area contributed by atoms with Crippen LogP contribution in [0.1, 0.15) is 35.7 Å². The van der Waals surface area contributed by atoms with Gasteiger partial charge < -0.3 is 10.6 Å². The molecule has 0 radical (unpaired) electrons. The summed E-state index contributed by atoms with van der Waals surface area (Å²) in [5, 5.41) is 9.55. The lowest BCUT2D eigenvalue weighted by Crippen LogP contribution is -2.38. The van der Waals surface area contributed by atoms with Crippen molar-refractivity contribution in [3.05, 3.63) is 51.5 Å². The molecule has 0 unspecified atom stereocenters. The van der Waals surface area contributed by atoms with Crippen molar-refractivity contribution in [2.75, 3.05) is 13.1 Å². The van der Waals surface area contributed by atoms with Crippen molar-refractivity contribution in [3.63, 3.8) is 0 Å². The third-order valence-corrected chi connectivity index (χ3v) is 4.66. The van der Waals surface area contributed by atoms with E-state index in [4.69, 9.17) is 0 Å². The molecule has 2 rings (SSSR count). The Morgan fingerprint density at radius 2 is 1.88 bits per heavy atom. The first-order valence-corrected chi connectivity index (χ1v) is 9.42. The lowest BCUT2D eigenvalue weighted by atomic mass is 10.1. The second kappa shape index (κ2) is 9.56. The summed E-state index contributed by atoms with van der Waals surface area (Å²) in [5.74, 6) is 0.637. The fourth-order valence-electron chi connectivity index (χ4n) is 2.25. The summed E-state index contributed by atoms with van der Waals surface area (Å²) in [4.78, 5) is 8.94. The van der Waals surface area contributed by atoms with Crippen LogP contribution in [0, 0.1) is 0 Å². The molecule has 0 amide bonds. The summed E-state index contributed by atoms with van der Waals surface area (Å²) in [5.41, 5.74) is 1.13. The first kappa shape index (κ1) is 20.2. The zero-order chi connectivity index (χ0) is 19.0. The van der Waals surface area contributed by atoms with Crippen molar-refractivity contribution < 1.29 is 13.2 Å². The Bertz CT molecular complexity index is 708. The number of halogens is 3. The normalized spacial score (nSPS) is 12.3. The highest BCUT2D eigenvalue weighted by Gasteiger charge is 2.29. The number of nitrogens with zero attached hydrogens (tertiary/aromatic N) is 2. The third kappa shape index (κ3) is 6.33. The highest BCUT2D eigenvalue weighted by atomic mass is 32.1. The fourth-order valence-corrected chi connectivity index (χ4v) is 3.03. The average molecular weight is 384 g/mol. The van der Waals surface area contributed by atoms with E-state index in [1.165, 1.54) is 12.1 Å². The first-order chi connectivity index (χ1) is 12.4. The maximum absolute atomic E-state index is 12.6. The Hall–Kier alpha value is -2.09. The Morgan fingerprint density at radius 1 is 1.15 bits per heavy atom. The smallest absolute Gasteiger partial charge is 0.357 e. The van der Waals surface area contributed by atoms with Gasteiger partial charge in [-0.25, -0.2) is 9.98 Å². The maximum atomic E-state index is 12.6. The number of guanidine groups is 1. The molecule has 0 fully saturated rings. The highest BCUT2D eigenvalue weighted by Crippen LogP contribution is 2.29. The number of aryl methyl sites for hydroxylation is 1. The molecule has 4 nitrogen and oxygen atoms in total. The van der Waals surface area contributed by atoms with Gasteiger partial charge in [-0.05, 0) is 31.0 Å². The number of nitrogens with one attached hydrogen (secondary N) is 2. The zero-order valence-corrected chi connectivity index (χ0v) is 15.7. The standard InChI is InChI=1S/C18H23F3N4S/c1-3-16-25-15(12-26-16)9-10-23-17(22-4-2)24-11-13-5-7-14(8-6-13)18(19,20)21/h5-8,12H,3-4,9-11H2,1-2H3,(H2,22,23,24). The van der Waals surface area contributed by atoms with Gasteiger partial charge in [0.05, 0.1) is 22.8 Å². The van der Waals surface area contributed by atoms with Crippen LogP contribution in [-0.2, 0) is 25.6 Å². The van der Waals surface area contributed by atoms with E-state index in [2.05, 4.69) is 32.9 Å². The molecule has 0 aliphatic carbocycles. The largest absolute Gasteiger partial charge is 0.416 e. The second-order valence-electron chi connectivity index (χ2n) is 5.65. The van der Waals surface area contributed by atoms with Gasteiger partial charge in [0.1, 0.15) is 0 Å². The van der Waals surface area contributed by atoms with Gasteiger partial charge in [0.2, 0.25) is 0 Å². The van der Waals surface area contributed by atoms with Gasteiger partial charge in [-0.1, -0.05) is 19.1 Å². The lowest BCUT2D eigenvalue weighted by molar-refractivity contribution is -0.137. The van der Waals surface area contributed by atoms with Gasteiger partial charge in [0.15, 0.2) is 5.96 Å². The topological polar surface area (TPSA) is 49.3 Å². The SMILES string of the molecule is CCNC(=NCc1ccc(C(F)(F)F)cc1)NCCc1csc(CC)n1. The molecule has 142 valence electrons. The van der Waals surface area contributed by atoms with Gasteiger partial charge in [0.25, 0.3) is 0 Å². The third-order valence-electron chi connectivity index (χ3n) is 3.62. The summed E-state index contributed by atoms with van der Waals surface area (Å²) < 4.78 is 37.8. The number of aliphatic imine (C=N–C) groups is 1. The van der Waals surface area contributed by atoms with E-state index in [0.717, 1.165) is 41.2 Å². The van der Waals surface area contributed by atoms with Gasteiger partial charge in [-0.2, -0.15) is 13.2 Å². The molecule has 2 N–H and O–H groups in total. The fraction of sp³-hybridized carbons (Fsp3) is 0.444. The number of thiazole rings is 1. The molecule has 0 saturated carbocycles. The van der Waals surface area contributed by atoms with Crippen LogP contribution in [0.4, 0.5) is 13.2 Å². The van der Waals surface area contributed by atoms with Crippen LogP contribution in [-0.4, -0.2) is 24.0 Å². The van der Waals surface area contributed by atoms with Crippen LogP contribution >= 0.6 is 11.3 Å². The summed E-state index contributed by atoms with van der Waals surface area (Å²) >= 11 is 1.66. The van der Waals surface area contributed by atoms with Crippen LogP contribution < -0.4 is 10.6 Å². The number of benzene rings is 1. The number of hydrogen-bond acceptors (Lipinski definition) is 3. The summed E-state index contributed by atoms with van der Waals surface area (Å²) in [7, 11) is 0. The minimum atomic E-state index is -4.31. The van der Waals surface area contributed by atoms with Crippen molar-refractivity contribution >= 4 is 17.3 Å². The molecule has 0 atom stereocenters. The predicted octanol–water partition coefficient (Wildman–Crippen LogP) is 4.02. The maximum Gasteiger partial charge on any atom is 0.416 e. The summed E-state index contributed by atoms with van der Waals surface area (Å²) in [6.45, 7) is 5.74. The Balaban J connectivity index is 1.89. The molecule has 26 heavy (non-hydrogen) atoms. The molecule has 1 aromatic carbocycles. The van der Waals surface area contributed by atoms with Crippen molar-refractivity contribution in [1.29, 1.82) is 0 Å². The molecular formula is C18H23F3N4S. The van der Waals surface area contributed by atoms with E-state index in [1.54, 1.807) is 11.3 Å². The second-order valence-corrected chi connectivity index (χ2v) is 6.60. The molecule has 0 bridgehead atoms. The van der Waals surface area contributed by atoms with Crippen LogP contribution in [0.2, 0.25) is 0 Å². The van der Waals surface area contributed by atoms with E-state index in [9.17, 15) is 13.2 Å². The van der Waals surface area contributed by atoms with Crippen LogP contribution in [0.5, 0.6) is 0 Å². The van der Waals surface area contributed by atoms with Gasteiger partial charge in [0, 0.05) is 24.9 Å². The molecule has 0 aliphatic heterocycles. The van der Waals surface area contributed by atoms with Crippen LogP contribution in [0.15, 0.2) is 34.6 Å². The molecule has 0 spiro atoms. The number of alkyl halides is 3. The van der Waals surface area contributed by atoms with Crippen molar-refractivity contribution in [2.24, 2.45) is 4.99 Å². The van der Waals surface area contributed by atoms with Gasteiger partial charge in [-0.15, -0.1) is 11.3 Å². The van der Waals surface area contributed by atoms with Crippen molar-refractivity contribution in [1.82, 2.24) is 15.6 Å². The molecule has 0 saturated heterocycles. The molecule has 1 aromatic heterocycles. The van der Waals surface area contributed by atoms with Gasteiger partial charge in [-0.3, -0.25) is 0 Å². The molecular weight excluding hydrogens is 361 g/mol. The Labute approximate surface area is 155 Å². The van der Waals surface area contributed by atoms with E-state index < -0.39 is 11.7 Å². The van der Waals surface area contributed by atoms with Gasteiger partial charge >= 0.3 is 6.18 Å². The molecule has 1 heterocycles. The lowest BCUT2D eigenvalue weighted by Gasteiger charge is -2.11. The highest BCUT2D eigenvalue weighted by molar-refractivity contribution is 7.09. The summed E-state index contributed by atoms with van der Waals surface area (Å²) in [6.07, 6.45) is -2.58. The minimum Gasteiger partial charge on any atom is -0.357 e. The first-order valence-electron chi connectivity index (χ1n) is 8.54. The quantitative estimate of drug-likeness (QED) is 0.560. The molecule has 0 aliphatic rings. The number of aromatic nitrogens is 1. The van der Waals surface area contributed by atoms with E-state index >= 15 is 0 Å².